The van der Waals surface area contributed by atoms with Gasteiger partial charge in [0.15, 0.2) is 0 Å². The number of fused-ring (bicyclic) bond motifs is 1. The Morgan fingerprint density at radius 3 is 2.43 bits per heavy atom. The maximum atomic E-state index is 13.2. The van der Waals surface area contributed by atoms with Crippen LogP contribution in [-0.4, -0.2) is 42.6 Å². The number of carbonyl (C=O) groups is 2. The van der Waals surface area contributed by atoms with Crippen molar-refractivity contribution in [2.75, 3.05) is 25.5 Å². The molecule has 2 heterocycles. The van der Waals surface area contributed by atoms with Crippen molar-refractivity contribution in [1.82, 2.24) is 10.2 Å². The third-order valence-corrected chi connectivity index (χ3v) is 6.76. The molecule has 178 valence electrons. The second-order valence-electron chi connectivity index (χ2n) is 9.17. The van der Waals surface area contributed by atoms with Crippen molar-refractivity contribution in [3.63, 3.8) is 0 Å². The number of hydrogen-bond donors (Lipinski definition) is 2. The molecule has 2 aliphatic heterocycles. The van der Waals surface area contributed by atoms with Crippen LogP contribution in [0.15, 0.2) is 77.8 Å². The highest BCUT2D eigenvalue weighted by Gasteiger charge is 2.35. The normalized spacial score (nSPS) is 18.1. The molecule has 2 aliphatic rings. The molecule has 1 atom stereocenters. The SMILES string of the molecule is CNC(=O)c1ccc2c(c1)NC(=O)C2C(=Nc1ccc(CN2CCCCC2)cc1)c1ccccc1. The minimum Gasteiger partial charge on any atom is -0.355 e. The van der Waals surface area contributed by atoms with Crippen LogP contribution in [0.25, 0.3) is 0 Å². The van der Waals surface area contributed by atoms with Crippen molar-refractivity contribution in [1.29, 1.82) is 0 Å². The Bertz CT molecular complexity index is 1250. The van der Waals surface area contributed by atoms with E-state index in [0.29, 0.717) is 17.0 Å². The summed E-state index contributed by atoms with van der Waals surface area (Å²) in [7, 11) is 1.59. The number of likely N-dealkylation sites (tertiary alicyclic amines) is 1. The lowest BCUT2D eigenvalue weighted by atomic mass is 9.90. The van der Waals surface area contributed by atoms with Gasteiger partial charge in [-0.3, -0.25) is 19.5 Å². The van der Waals surface area contributed by atoms with Crippen LogP contribution in [0.4, 0.5) is 11.4 Å². The minimum absolute atomic E-state index is 0.140. The first kappa shape index (κ1) is 23.0. The van der Waals surface area contributed by atoms with E-state index in [-0.39, 0.29) is 11.8 Å². The van der Waals surface area contributed by atoms with Crippen molar-refractivity contribution in [2.24, 2.45) is 4.99 Å². The average Bonchev–Trinajstić information content (AvgIpc) is 3.23. The molecule has 0 bridgehead atoms. The summed E-state index contributed by atoms with van der Waals surface area (Å²) in [5.74, 6) is -0.885. The Hall–Kier alpha value is -3.77. The Kier molecular flexibility index (Phi) is 6.73. The van der Waals surface area contributed by atoms with Gasteiger partial charge in [-0.05, 0) is 66.9 Å². The van der Waals surface area contributed by atoms with Gasteiger partial charge in [-0.25, -0.2) is 0 Å². The standard InChI is InChI=1S/C29H30N4O2/c1-30-28(34)22-12-15-24-25(18-22)32-29(35)26(24)27(21-8-4-2-5-9-21)31-23-13-10-20(11-14-23)19-33-16-6-3-7-17-33/h2,4-5,8-15,18,26H,3,6-7,16-17,19H2,1H3,(H,30,34)(H,32,35). The molecule has 35 heavy (non-hydrogen) atoms. The van der Waals surface area contributed by atoms with Gasteiger partial charge in [0.1, 0.15) is 5.92 Å². The lowest BCUT2D eigenvalue weighted by molar-refractivity contribution is -0.115. The summed E-state index contributed by atoms with van der Waals surface area (Å²) in [6.07, 6.45) is 3.88. The highest BCUT2D eigenvalue weighted by Crippen LogP contribution is 2.37. The highest BCUT2D eigenvalue weighted by atomic mass is 16.2. The van der Waals surface area contributed by atoms with Gasteiger partial charge in [-0.1, -0.05) is 55.0 Å². The van der Waals surface area contributed by atoms with E-state index in [1.54, 1.807) is 19.2 Å². The van der Waals surface area contributed by atoms with Gasteiger partial charge in [0.2, 0.25) is 5.91 Å². The summed E-state index contributed by atoms with van der Waals surface area (Å²) >= 11 is 0. The molecule has 6 heteroatoms. The fourth-order valence-electron chi connectivity index (χ4n) is 4.91. The molecule has 2 N–H and O–H groups in total. The number of aliphatic imine (C=N–C) groups is 1. The van der Waals surface area contributed by atoms with Gasteiger partial charge in [-0.2, -0.15) is 0 Å². The number of benzene rings is 3. The van der Waals surface area contributed by atoms with Gasteiger partial charge in [0.25, 0.3) is 5.91 Å². The zero-order chi connectivity index (χ0) is 24.2. The number of carbonyl (C=O) groups excluding carboxylic acids is 2. The highest BCUT2D eigenvalue weighted by molar-refractivity contribution is 6.24. The molecular weight excluding hydrogens is 436 g/mol. The van der Waals surface area contributed by atoms with Crippen LogP contribution in [0, 0.1) is 0 Å². The van der Waals surface area contributed by atoms with Crippen LogP contribution in [0.5, 0.6) is 0 Å². The fraction of sp³-hybridized carbons (Fsp3) is 0.276. The van der Waals surface area contributed by atoms with Crippen molar-refractivity contribution < 1.29 is 9.59 Å². The zero-order valence-electron chi connectivity index (χ0n) is 20.0. The summed E-state index contributed by atoms with van der Waals surface area (Å²) in [4.78, 5) is 32.7. The van der Waals surface area contributed by atoms with Gasteiger partial charge in [-0.15, -0.1) is 0 Å². The molecule has 6 nitrogen and oxygen atoms in total. The molecule has 0 aliphatic carbocycles. The largest absolute Gasteiger partial charge is 0.355 e. The second-order valence-corrected chi connectivity index (χ2v) is 9.17. The third kappa shape index (κ3) is 5.03. The number of rotatable bonds is 6. The molecule has 0 radical (unpaired) electrons. The first-order valence-corrected chi connectivity index (χ1v) is 12.2. The molecule has 0 saturated carbocycles. The van der Waals surface area contributed by atoms with Crippen LogP contribution >= 0.6 is 0 Å². The van der Waals surface area contributed by atoms with E-state index in [1.165, 1.54) is 24.8 Å². The molecule has 2 amide bonds. The molecule has 0 spiro atoms. The molecule has 1 fully saturated rings. The van der Waals surface area contributed by atoms with E-state index in [0.717, 1.165) is 36.4 Å². The zero-order valence-corrected chi connectivity index (χ0v) is 20.0. The van der Waals surface area contributed by atoms with E-state index in [2.05, 4.69) is 27.7 Å². The number of amides is 2. The lowest BCUT2D eigenvalue weighted by Gasteiger charge is -2.26. The monoisotopic (exact) mass is 466 g/mol. The number of piperidine rings is 1. The number of nitrogens with one attached hydrogen (secondary N) is 2. The van der Waals surface area contributed by atoms with Crippen LogP contribution < -0.4 is 10.6 Å². The second kappa shape index (κ2) is 10.2. The van der Waals surface area contributed by atoms with E-state index in [1.807, 2.05) is 48.5 Å². The Morgan fingerprint density at radius 1 is 0.971 bits per heavy atom. The van der Waals surface area contributed by atoms with E-state index in [9.17, 15) is 9.59 Å². The molecule has 0 aromatic heterocycles. The van der Waals surface area contributed by atoms with Gasteiger partial charge in [0.05, 0.1) is 11.4 Å². The van der Waals surface area contributed by atoms with Crippen molar-refractivity contribution in [2.45, 2.75) is 31.7 Å². The van der Waals surface area contributed by atoms with Gasteiger partial charge in [0, 0.05) is 24.8 Å². The van der Waals surface area contributed by atoms with Crippen LogP contribution in [0.3, 0.4) is 0 Å². The summed E-state index contributed by atoms with van der Waals surface area (Å²) in [6, 6.07) is 23.5. The average molecular weight is 467 g/mol. The molecule has 3 aromatic rings. The van der Waals surface area contributed by atoms with E-state index < -0.39 is 5.92 Å². The smallest absolute Gasteiger partial charge is 0.251 e. The first-order chi connectivity index (χ1) is 17.1. The van der Waals surface area contributed by atoms with Crippen LogP contribution in [-0.2, 0) is 11.3 Å². The molecule has 5 rings (SSSR count). The van der Waals surface area contributed by atoms with Crippen molar-refractivity contribution in [3.8, 4) is 0 Å². The topological polar surface area (TPSA) is 73.8 Å². The number of nitrogens with zero attached hydrogens (tertiary/aromatic N) is 2. The van der Waals surface area contributed by atoms with Crippen LogP contribution in [0.2, 0.25) is 0 Å². The molecular formula is C29H30N4O2. The van der Waals surface area contributed by atoms with Crippen molar-refractivity contribution in [3.05, 3.63) is 95.1 Å². The molecule has 1 saturated heterocycles. The summed E-state index contributed by atoms with van der Waals surface area (Å²) in [5.41, 5.74) is 5.67. The molecule has 1 unspecified atom stereocenters. The van der Waals surface area contributed by atoms with Gasteiger partial charge < -0.3 is 10.6 Å². The minimum atomic E-state index is -0.556. The Labute approximate surface area is 206 Å². The van der Waals surface area contributed by atoms with E-state index in [4.69, 9.17) is 4.99 Å². The third-order valence-electron chi connectivity index (χ3n) is 6.76. The Morgan fingerprint density at radius 2 is 1.71 bits per heavy atom. The maximum absolute atomic E-state index is 13.2. The quantitative estimate of drug-likeness (QED) is 0.508. The molecule has 3 aromatic carbocycles. The predicted molar refractivity (Wildman–Crippen MR) is 139 cm³/mol. The summed E-state index contributed by atoms with van der Waals surface area (Å²) < 4.78 is 0. The van der Waals surface area contributed by atoms with E-state index >= 15 is 0 Å². The van der Waals surface area contributed by atoms with Crippen LogP contribution in [0.1, 0.15) is 52.2 Å². The summed E-state index contributed by atoms with van der Waals surface area (Å²) in [6.45, 7) is 3.29. The lowest BCUT2D eigenvalue weighted by Crippen LogP contribution is -2.28. The van der Waals surface area contributed by atoms with Crippen molar-refractivity contribution >= 4 is 28.9 Å². The fourth-order valence-corrected chi connectivity index (χ4v) is 4.91. The first-order valence-electron chi connectivity index (χ1n) is 12.2. The maximum Gasteiger partial charge on any atom is 0.251 e. The van der Waals surface area contributed by atoms with Gasteiger partial charge >= 0.3 is 0 Å². The Balaban J connectivity index is 1.47. The number of anilines is 1. The number of hydrogen-bond acceptors (Lipinski definition) is 4. The predicted octanol–water partition coefficient (Wildman–Crippen LogP) is 4.89. The summed E-state index contributed by atoms with van der Waals surface area (Å²) in [5, 5.41) is 5.58.